The number of nitrogens with zero attached hydrogens (tertiary/aromatic N) is 2. The molecule has 1 aromatic heterocycles. The number of halogens is 3. The Morgan fingerprint density at radius 2 is 1.86 bits per heavy atom. The average Bonchev–Trinajstić information content (AvgIpc) is 3.28. The maximum Gasteiger partial charge on any atom is 0.406 e. The molecule has 0 amide bonds. The molecule has 2 unspecified atom stereocenters. The molecule has 0 spiro atoms. The lowest BCUT2D eigenvalue weighted by atomic mass is 10.0. The largest absolute Gasteiger partial charge is 0.479 e. The number of sulfone groups is 1. The summed E-state index contributed by atoms with van der Waals surface area (Å²) in [5.41, 5.74) is 1.77. The van der Waals surface area contributed by atoms with E-state index in [0.29, 0.717) is 35.4 Å². The van der Waals surface area contributed by atoms with E-state index in [2.05, 4.69) is 27.4 Å². The summed E-state index contributed by atoms with van der Waals surface area (Å²) in [6.45, 7) is 1.77. The summed E-state index contributed by atoms with van der Waals surface area (Å²) < 4.78 is 76.8. The van der Waals surface area contributed by atoms with E-state index in [0.717, 1.165) is 29.4 Å². The molecule has 3 N–H and O–H groups in total. The van der Waals surface area contributed by atoms with Gasteiger partial charge in [-0.3, -0.25) is 4.90 Å². The molecule has 0 bridgehead atoms. The molecule has 1 aliphatic heterocycles. The summed E-state index contributed by atoms with van der Waals surface area (Å²) in [5.74, 6) is 6.00. The maximum absolute atomic E-state index is 13.6. The molecule has 0 aliphatic carbocycles. The predicted molar refractivity (Wildman–Crippen MR) is 160 cm³/mol. The second-order valence-electron chi connectivity index (χ2n) is 10.6. The molecule has 3 aromatic rings. The Labute approximate surface area is 249 Å². The smallest absolute Gasteiger partial charge is 0.406 e. The third-order valence-corrected chi connectivity index (χ3v) is 8.46. The van der Waals surface area contributed by atoms with Crippen molar-refractivity contribution in [3.8, 4) is 17.6 Å². The first-order chi connectivity index (χ1) is 20.3. The number of benzene rings is 2. The van der Waals surface area contributed by atoms with Gasteiger partial charge in [-0.25, -0.2) is 8.42 Å². The first-order valence-electron chi connectivity index (χ1n) is 13.8. The van der Waals surface area contributed by atoms with Crippen molar-refractivity contribution in [2.75, 3.05) is 50.7 Å². The van der Waals surface area contributed by atoms with Gasteiger partial charge in [-0.05, 0) is 62.1 Å². The Morgan fingerprint density at radius 3 is 2.47 bits per heavy atom. The minimum Gasteiger partial charge on any atom is -0.479 e. The lowest BCUT2D eigenvalue weighted by molar-refractivity contribution is -0.140. The molecule has 4 rings (SSSR count). The van der Waals surface area contributed by atoms with Crippen LogP contribution in [0, 0.1) is 11.8 Å². The second-order valence-corrected chi connectivity index (χ2v) is 12.6. The van der Waals surface area contributed by atoms with Crippen molar-refractivity contribution >= 4 is 32.1 Å². The first kappa shape index (κ1) is 32.5. The number of hydrogen-bond acceptors (Lipinski definition) is 8. The fourth-order valence-corrected chi connectivity index (χ4v) is 5.98. The van der Waals surface area contributed by atoms with Gasteiger partial charge >= 0.3 is 6.18 Å². The lowest BCUT2D eigenvalue weighted by Crippen LogP contribution is -2.49. The van der Waals surface area contributed by atoms with Crippen LogP contribution >= 0.6 is 0 Å². The van der Waals surface area contributed by atoms with Gasteiger partial charge in [0.25, 0.3) is 0 Å². The van der Waals surface area contributed by atoms with Crippen molar-refractivity contribution < 1.29 is 36.2 Å². The molecular formula is C30H37F3N4O5S. The van der Waals surface area contributed by atoms with Crippen molar-refractivity contribution in [2.45, 2.75) is 55.8 Å². The van der Waals surface area contributed by atoms with Gasteiger partial charge in [-0.2, -0.15) is 13.2 Å². The lowest BCUT2D eigenvalue weighted by Gasteiger charge is -2.38. The Morgan fingerprint density at radius 1 is 1.14 bits per heavy atom. The minimum absolute atomic E-state index is 0.0951. The number of rotatable bonds is 10. The van der Waals surface area contributed by atoms with Crippen LogP contribution in [0.1, 0.15) is 25.5 Å². The zero-order valence-electron chi connectivity index (χ0n) is 24.5. The van der Waals surface area contributed by atoms with Gasteiger partial charge in [0, 0.05) is 50.6 Å². The van der Waals surface area contributed by atoms with Crippen molar-refractivity contribution in [3.63, 3.8) is 0 Å². The van der Waals surface area contributed by atoms with Gasteiger partial charge in [0.1, 0.15) is 25.1 Å². The number of fused-ring (bicyclic) bond motifs is 1. The topological polar surface area (TPSA) is 105 Å². The van der Waals surface area contributed by atoms with Gasteiger partial charge in [0.05, 0.1) is 27.9 Å². The molecule has 0 saturated carbocycles. The molecule has 2 heterocycles. The van der Waals surface area contributed by atoms with Gasteiger partial charge in [0.2, 0.25) is 0 Å². The molecule has 43 heavy (non-hydrogen) atoms. The number of hydrogen-bond donors (Lipinski definition) is 3. The van der Waals surface area contributed by atoms with E-state index in [-0.39, 0.29) is 29.5 Å². The van der Waals surface area contributed by atoms with Crippen LogP contribution in [0.2, 0.25) is 0 Å². The van der Waals surface area contributed by atoms with E-state index >= 15 is 0 Å². The van der Waals surface area contributed by atoms with E-state index in [4.69, 9.17) is 9.47 Å². The van der Waals surface area contributed by atoms with Crippen LogP contribution in [-0.4, -0.2) is 87.7 Å². The number of anilines is 2. The molecule has 234 valence electrons. The summed E-state index contributed by atoms with van der Waals surface area (Å²) in [6.07, 6.45) is -2.82. The summed E-state index contributed by atoms with van der Waals surface area (Å²) in [4.78, 5) is 2.21. The molecule has 13 heteroatoms. The standard InChI is InChI=1S/C30H37F3N4O5S/c1-20(38)29(41-3)36-14-12-21(13-15-36)35-25-8-5-9-27-24(25)17-22(37(27)19-30(31,32)33)7-6-16-42-28-11-10-23(43(4,39)40)18-26(28)34-2/h5,8-11,17-18,20-21,29,34-35,38H,12-16,19H2,1-4H3. The fourth-order valence-electron chi connectivity index (χ4n) is 5.33. The van der Waals surface area contributed by atoms with Crippen molar-refractivity contribution in [1.82, 2.24) is 9.47 Å². The van der Waals surface area contributed by atoms with Crippen molar-refractivity contribution in [2.24, 2.45) is 0 Å². The maximum atomic E-state index is 13.6. The number of likely N-dealkylation sites (tertiary alicyclic amines) is 1. The highest BCUT2D eigenvalue weighted by atomic mass is 32.2. The third kappa shape index (κ3) is 8.14. The molecule has 1 fully saturated rings. The summed E-state index contributed by atoms with van der Waals surface area (Å²) in [7, 11) is -0.220. The van der Waals surface area contributed by atoms with Crippen molar-refractivity contribution in [1.29, 1.82) is 0 Å². The highest BCUT2D eigenvalue weighted by molar-refractivity contribution is 7.90. The Hall–Kier alpha value is -3.44. The van der Waals surface area contributed by atoms with Gasteiger partial charge in [0.15, 0.2) is 9.84 Å². The number of methoxy groups -OCH3 is 1. The Bertz CT molecular complexity index is 1590. The number of piperidine rings is 1. The van der Waals surface area contributed by atoms with Crippen LogP contribution < -0.4 is 15.4 Å². The second kappa shape index (κ2) is 13.5. The SMILES string of the molecule is CNc1cc(S(C)(=O)=O)ccc1OCC#Cc1cc2c(NC3CCN(C(OC)C(C)O)CC3)cccc2n1CC(F)(F)F. The zero-order chi connectivity index (χ0) is 31.4. The van der Waals surface area contributed by atoms with E-state index in [1.807, 2.05) is 6.07 Å². The Balaban J connectivity index is 1.54. The number of alkyl halides is 3. The molecule has 9 nitrogen and oxygen atoms in total. The average molecular weight is 623 g/mol. The highest BCUT2D eigenvalue weighted by Gasteiger charge is 2.31. The van der Waals surface area contributed by atoms with E-state index in [1.165, 1.54) is 18.2 Å². The molecule has 0 radical (unpaired) electrons. The van der Waals surface area contributed by atoms with E-state index in [1.54, 1.807) is 39.3 Å². The zero-order valence-corrected chi connectivity index (χ0v) is 25.3. The number of aliphatic hydroxyl groups is 1. The van der Waals surface area contributed by atoms with Gasteiger partial charge in [-0.1, -0.05) is 12.0 Å². The van der Waals surface area contributed by atoms with Crippen LogP contribution in [0.3, 0.4) is 0 Å². The fraction of sp³-hybridized carbons (Fsp3) is 0.467. The minimum atomic E-state index is -4.46. The van der Waals surface area contributed by atoms with Crippen LogP contribution in [-0.2, 0) is 21.1 Å². The van der Waals surface area contributed by atoms with Crippen LogP contribution in [0.25, 0.3) is 10.9 Å². The normalized spacial score (nSPS) is 16.4. The number of aromatic nitrogens is 1. The van der Waals surface area contributed by atoms with Crippen LogP contribution in [0.15, 0.2) is 47.4 Å². The highest BCUT2D eigenvalue weighted by Crippen LogP contribution is 2.32. The van der Waals surface area contributed by atoms with E-state index < -0.39 is 28.7 Å². The van der Waals surface area contributed by atoms with Gasteiger partial charge in [-0.15, -0.1) is 0 Å². The molecular weight excluding hydrogens is 585 g/mol. The molecule has 1 aliphatic rings. The first-order valence-corrected chi connectivity index (χ1v) is 15.7. The third-order valence-electron chi connectivity index (χ3n) is 7.35. The van der Waals surface area contributed by atoms with Crippen LogP contribution in [0.5, 0.6) is 5.75 Å². The quantitative estimate of drug-likeness (QED) is 0.288. The monoisotopic (exact) mass is 622 g/mol. The van der Waals surface area contributed by atoms with Crippen molar-refractivity contribution in [3.05, 3.63) is 48.2 Å². The summed E-state index contributed by atoms with van der Waals surface area (Å²) >= 11 is 0. The summed E-state index contributed by atoms with van der Waals surface area (Å²) in [5, 5.41) is 17.0. The number of aliphatic hydroxyl groups excluding tert-OH is 1. The molecule has 2 atom stereocenters. The summed E-state index contributed by atoms with van der Waals surface area (Å²) in [6, 6.07) is 11.3. The van der Waals surface area contributed by atoms with Gasteiger partial charge < -0.3 is 29.8 Å². The predicted octanol–water partition coefficient (Wildman–Crippen LogP) is 4.31. The molecule has 2 aromatic carbocycles. The number of ether oxygens (including phenoxy) is 2. The number of nitrogens with one attached hydrogen (secondary N) is 2. The van der Waals surface area contributed by atoms with Crippen LogP contribution in [0.4, 0.5) is 24.5 Å². The Kier molecular flexibility index (Phi) is 10.2. The van der Waals surface area contributed by atoms with E-state index in [9.17, 15) is 26.7 Å². The molecule has 1 saturated heterocycles.